The van der Waals surface area contributed by atoms with E-state index in [-0.39, 0.29) is 35.7 Å². The van der Waals surface area contributed by atoms with E-state index in [2.05, 4.69) is 5.32 Å². The minimum Gasteiger partial charge on any atom is -0.325 e. The van der Waals surface area contributed by atoms with Crippen molar-refractivity contribution in [3.8, 4) is 0 Å². The van der Waals surface area contributed by atoms with Gasteiger partial charge in [-0.2, -0.15) is 11.8 Å². The lowest BCUT2D eigenvalue weighted by Crippen LogP contribution is -2.32. The second-order valence-electron chi connectivity index (χ2n) is 5.54. The predicted octanol–water partition coefficient (Wildman–Crippen LogP) is 2.93. The van der Waals surface area contributed by atoms with Gasteiger partial charge in [-0.15, -0.1) is 0 Å². The fourth-order valence-corrected chi connectivity index (χ4v) is 3.25. The SMILES string of the molecule is O=C(CSCCN1C(=O)c2ccccc2C1=O)Nc1ccc(F)c(F)c1. The number of hydrogen-bond acceptors (Lipinski definition) is 4. The minimum absolute atomic E-state index is 0.0577. The van der Waals surface area contributed by atoms with Gasteiger partial charge in [-0.05, 0) is 24.3 Å². The van der Waals surface area contributed by atoms with Crippen LogP contribution in [0.4, 0.5) is 14.5 Å². The summed E-state index contributed by atoms with van der Waals surface area (Å²) in [6.07, 6.45) is 0. The van der Waals surface area contributed by atoms with E-state index in [0.29, 0.717) is 16.9 Å². The van der Waals surface area contributed by atoms with Crippen LogP contribution in [-0.4, -0.2) is 40.7 Å². The minimum atomic E-state index is -1.04. The first-order valence-corrected chi connectivity index (χ1v) is 8.90. The van der Waals surface area contributed by atoms with Crippen molar-refractivity contribution < 1.29 is 23.2 Å². The average molecular weight is 376 g/mol. The molecule has 0 aromatic heterocycles. The van der Waals surface area contributed by atoms with Crippen LogP contribution in [0.5, 0.6) is 0 Å². The van der Waals surface area contributed by atoms with Crippen molar-refractivity contribution in [3.63, 3.8) is 0 Å². The maximum absolute atomic E-state index is 13.1. The number of rotatable bonds is 6. The Kier molecular flexibility index (Phi) is 5.32. The van der Waals surface area contributed by atoms with Gasteiger partial charge < -0.3 is 5.32 Å². The number of halogens is 2. The molecule has 0 atom stereocenters. The van der Waals surface area contributed by atoms with Crippen LogP contribution in [0.15, 0.2) is 42.5 Å². The zero-order valence-electron chi connectivity index (χ0n) is 13.5. The Hall–Kier alpha value is -2.74. The van der Waals surface area contributed by atoms with Gasteiger partial charge in [0.05, 0.1) is 16.9 Å². The number of carbonyl (C=O) groups excluding carboxylic acids is 3. The number of thioether (sulfide) groups is 1. The van der Waals surface area contributed by atoms with E-state index < -0.39 is 11.6 Å². The monoisotopic (exact) mass is 376 g/mol. The summed E-state index contributed by atoms with van der Waals surface area (Å²) in [6.45, 7) is 0.190. The molecule has 26 heavy (non-hydrogen) atoms. The third-order valence-electron chi connectivity index (χ3n) is 3.77. The summed E-state index contributed by atoms with van der Waals surface area (Å²) in [6, 6.07) is 9.71. The lowest BCUT2D eigenvalue weighted by atomic mass is 10.1. The number of amides is 3. The first kappa shape index (κ1) is 18.1. The molecule has 0 saturated heterocycles. The smallest absolute Gasteiger partial charge is 0.261 e. The van der Waals surface area contributed by atoms with Gasteiger partial charge in [0.2, 0.25) is 5.91 Å². The Bertz CT molecular complexity index is 853. The van der Waals surface area contributed by atoms with Crippen LogP contribution in [0.1, 0.15) is 20.7 Å². The molecule has 2 aromatic rings. The molecule has 1 N–H and O–H groups in total. The van der Waals surface area contributed by atoms with Crippen LogP contribution in [0.2, 0.25) is 0 Å². The molecule has 1 heterocycles. The summed E-state index contributed by atoms with van der Waals surface area (Å²) in [5, 5.41) is 2.46. The van der Waals surface area contributed by atoms with Gasteiger partial charge >= 0.3 is 0 Å². The van der Waals surface area contributed by atoms with Crippen molar-refractivity contribution in [2.75, 3.05) is 23.4 Å². The van der Waals surface area contributed by atoms with Crippen LogP contribution in [0, 0.1) is 11.6 Å². The van der Waals surface area contributed by atoms with Gasteiger partial charge in [0.25, 0.3) is 11.8 Å². The zero-order chi connectivity index (χ0) is 18.7. The number of nitrogens with one attached hydrogen (secondary N) is 1. The van der Waals surface area contributed by atoms with Gasteiger partial charge in [-0.1, -0.05) is 12.1 Å². The van der Waals surface area contributed by atoms with E-state index in [1.165, 1.54) is 17.8 Å². The Morgan fingerprint density at radius 2 is 1.65 bits per heavy atom. The van der Waals surface area contributed by atoms with Crippen molar-refractivity contribution >= 4 is 35.2 Å². The molecule has 8 heteroatoms. The number of fused-ring (bicyclic) bond motifs is 1. The molecule has 0 aliphatic carbocycles. The van der Waals surface area contributed by atoms with Gasteiger partial charge in [0, 0.05) is 24.1 Å². The molecular weight excluding hydrogens is 362 g/mol. The molecule has 3 amide bonds. The molecule has 0 radical (unpaired) electrons. The summed E-state index contributed by atoms with van der Waals surface area (Å²) in [5.41, 5.74) is 0.937. The predicted molar refractivity (Wildman–Crippen MR) is 94.1 cm³/mol. The van der Waals surface area contributed by atoms with Crippen molar-refractivity contribution in [2.24, 2.45) is 0 Å². The first-order chi connectivity index (χ1) is 12.5. The van der Waals surface area contributed by atoms with E-state index in [1.807, 2.05) is 0 Å². The number of nitrogens with zero attached hydrogens (tertiary/aromatic N) is 1. The maximum atomic E-state index is 13.1. The summed E-state index contributed by atoms with van der Waals surface area (Å²) >= 11 is 1.23. The lowest BCUT2D eigenvalue weighted by molar-refractivity contribution is -0.113. The molecular formula is C18H14F2N2O3S. The maximum Gasteiger partial charge on any atom is 0.261 e. The molecule has 3 rings (SSSR count). The molecule has 134 valence electrons. The first-order valence-electron chi connectivity index (χ1n) is 7.75. The molecule has 1 aliphatic rings. The van der Waals surface area contributed by atoms with Crippen molar-refractivity contribution in [1.82, 2.24) is 4.90 Å². The zero-order valence-corrected chi connectivity index (χ0v) is 14.3. The number of carbonyl (C=O) groups is 3. The fourth-order valence-electron chi connectivity index (χ4n) is 2.53. The molecule has 0 unspecified atom stereocenters. The van der Waals surface area contributed by atoms with Gasteiger partial charge in [-0.3, -0.25) is 19.3 Å². The second kappa shape index (κ2) is 7.65. The van der Waals surface area contributed by atoms with Crippen molar-refractivity contribution in [1.29, 1.82) is 0 Å². The standard InChI is InChI=1S/C18H14F2N2O3S/c19-14-6-5-11(9-15(14)20)21-16(23)10-26-8-7-22-17(24)12-3-1-2-4-13(12)18(22)25/h1-6,9H,7-8,10H2,(H,21,23). The fraction of sp³-hybridized carbons (Fsp3) is 0.167. The van der Waals surface area contributed by atoms with E-state index in [9.17, 15) is 23.2 Å². The summed E-state index contributed by atoms with van der Waals surface area (Å²) in [5.74, 6) is -2.64. The average Bonchev–Trinajstić information content (AvgIpc) is 2.87. The molecule has 0 fully saturated rings. The van der Waals surface area contributed by atoms with Gasteiger partial charge in [0.1, 0.15) is 0 Å². The molecule has 5 nitrogen and oxygen atoms in total. The van der Waals surface area contributed by atoms with E-state index >= 15 is 0 Å². The quantitative estimate of drug-likeness (QED) is 0.622. The van der Waals surface area contributed by atoms with Crippen molar-refractivity contribution in [2.45, 2.75) is 0 Å². The highest BCUT2D eigenvalue weighted by Crippen LogP contribution is 2.22. The number of hydrogen-bond donors (Lipinski definition) is 1. The molecule has 0 saturated carbocycles. The van der Waals surface area contributed by atoms with Crippen LogP contribution in [-0.2, 0) is 4.79 Å². The van der Waals surface area contributed by atoms with E-state index in [4.69, 9.17) is 0 Å². The number of benzene rings is 2. The topological polar surface area (TPSA) is 66.5 Å². The van der Waals surface area contributed by atoms with Crippen LogP contribution < -0.4 is 5.32 Å². The van der Waals surface area contributed by atoms with E-state index in [0.717, 1.165) is 17.0 Å². The Morgan fingerprint density at radius 1 is 1.00 bits per heavy atom. The highest BCUT2D eigenvalue weighted by molar-refractivity contribution is 7.99. The lowest BCUT2D eigenvalue weighted by Gasteiger charge is -2.13. The van der Waals surface area contributed by atoms with Crippen LogP contribution in [0.25, 0.3) is 0 Å². The molecule has 1 aliphatic heterocycles. The second-order valence-corrected chi connectivity index (χ2v) is 6.64. The molecule has 2 aromatic carbocycles. The number of imide groups is 1. The van der Waals surface area contributed by atoms with Gasteiger partial charge in [0.15, 0.2) is 11.6 Å². The van der Waals surface area contributed by atoms with Crippen LogP contribution >= 0.6 is 11.8 Å². The van der Waals surface area contributed by atoms with Crippen molar-refractivity contribution in [3.05, 3.63) is 65.2 Å². The molecule has 0 bridgehead atoms. The third-order valence-corrected chi connectivity index (χ3v) is 4.71. The number of anilines is 1. The van der Waals surface area contributed by atoms with Gasteiger partial charge in [-0.25, -0.2) is 8.78 Å². The third kappa shape index (κ3) is 3.75. The summed E-state index contributed by atoms with van der Waals surface area (Å²) in [4.78, 5) is 37.3. The van der Waals surface area contributed by atoms with E-state index in [1.54, 1.807) is 24.3 Å². The Balaban J connectivity index is 1.46. The summed E-state index contributed by atoms with van der Waals surface area (Å²) in [7, 11) is 0. The summed E-state index contributed by atoms with van der Waals surface area (Å²) < 4.78 is 25.9. The van der Waals surface area contributed by atoms with Crippen LogP contribution in [0.3, 0.4) is 0 Å². The molecule has 0 spiro atoms. The largest absolute Gasteiger partial charge is 0.325 e. The Morgan fingerprint density at radius 3 is 2.27 bits per heavy atom. The normalized spacial score (nSPS) is 13.1. The highest BCUT2D eigenvalue weighted by Gasteiger charge is 2.34. The Labute approximate surface area is 152 Å². The highest BCUT2D eigenvalue weighted by atomic mass is 32.2.